The molecule has 1 aromatic carbocycles. The highest BCUT2D eigenvalue weighted by Gasteiger charge is 2.19. The molecule has 0 saturated heterocycles. The molecule has 0 radical (unpaired) electrons. The van der Waals surface area contributed by atoms with E-state index in [-0.39, 0.29) is 0 Å². The summed E-state index contributed by atoms with van der Waals surface area (Å²) in [5, 5.41) is 8.12. The van der Waals surface area contributed by atoms with Crippen molar-refractivity contribution < 1.29 is 4.42 Å². The summed E-state index contributed by atoms with van der Waals surface area (Å²) >= 11 is 0. The quantitative estimate of drug-likeness (QED) is 0.735. The van der Waals surface area contributed by atoms with Crippen molar-refractivity contribution in [2.24, 2.45) is 0 Å². The molecule has 1 heterocycles. The highest BCUT2D eigenvalue weighted by molar-refractivity contribution is 5.77. The Kier molecular flexibility index (Phi) is 3.62. The van der Waals surface area contributed by atoms with Gasteiger partial charge in [-0.2, -0.15) is 0 Å². The third-order valence-electron chi connectivity index (χ3n) is 3.32. The summed E-state index contributed by atoms with van der Waals surface area (Å²) in [5.41, 5.74) is 0.977. The molecule has 18 heavy (non-hydrogen) atoms. The van der Waals surface area contributed by atoms with Crippen LogP contribution in [0.2, 0.25) is 0 Å². The molecule has 1 aliphatic rings. The minimum atomic E-state index is 0.818. The maximum absolute atomic E-state index is 5.74. The Bertz CT molecular complexity index is 469. The molecule has 1 fully saturated rings. The van der Waals surface area contributed by atoms with E-state index in [1.807, 2.05) is 18.2 Å². The predicted molar refractivity (Wildman–Crippen MR) is 73.6 cm³/mol. The number of nitrogens with one attached hydrogen (secondary N) is 2. The van der Waals surface area contributed by atoms with Crippen LogP contribution in [-0.4, -0.2) is 19.1 Å². The molecule has 0 bridgehead atoms. The third kappa shape index (κ3) is 3.12. The molecule has 1 saturated carbocycles. The fourth-order valence-corrected chi connectivity index (χ4v) is 2.14. The molecule has 0 unspecified atom stereocenters. The van der Waals surface area contributed by atoms with E-state index in [1.54, 1.807) is 0 Å². The third-order valence-corrected chi connectivity index (χ3v) is 3.32. The zero-order valence-corrected chi connectivity index (χ0v) is 10.6. The molecular formula is C15H20N2O. The van der Waals surface area contributed by atoms with Crippen molar-refractivity contribution in [3.8, 4) is 0 Å². The maximum atomic E-state index is 5.74. The molecule has 0 aliphatic heterocycles. The van der Waals surface area contributed by atoms with Crippen LogP contribution < -0.4 is 10.6 Å². The summed E-state index contributed by atoms with van der Waals surface area (Å²) in [7, 11) is 0. The Morgan fingerprint density at radius 2 is 2.06 bits per heavy atom. The van der Waals surface area contributed by atoms with Crippen molar-refractivity contribution in [1.82, 2.24) is 10.6 Å². The van der Waals surface area contributed by atoms with Crippen LogP contribution in [0.3, 0.4) is 0 Å². The first-order valence-corrected chi connectivity index (χ1v) is 6.83. The summed E-state index contributed by atoms with van der Waals surface area (Å²) in [6.07, 6.45) is 3.91. The molecule has 3 nitrogen and oxygen atoms in total. The lowest BCUT2D eigenvalue weighted by molar-refractivity contribution is 0.505. The Balaban J connectivity index is 1.39. The van der Waals surface area contributed by atoms with Crippen LogP contribution in [-0.2, 0) is 6.54 Å². The average molecular weight is 244 g/mol. The van der Waals surface area contributed by atoms with Crippen LogP contribution in [0.5, 0.6) is 0 Å². The van der Waals surface area contributed by atoms with Crippen molar-refractivity contribution in [2.45, 2.75) is 31.8 Å². The Hall–Kier alpha value is -1.32. The number of furan rings is 1. The van der Waals surface area contributed by atoms with Crippen LogP contribution in [0.25, 0.3) is 11.0 Å². The second-order valence-electron chi connectivity index (χ2n) is 5.01. The van der Waals surface area contributed by atoms with Crippen molar-refractivity contribution in [2.75, 3.05) is 13.1 Å². The fourth-order valence-electron chi connectivity index (χ4n) is 2.14. The second-order valence-corrected chi connectivity index (χ2v) is 5.01. The Morgan fingerprint density at radius 3 is 2.89 bits per heavy atom. The Labute approximate surface area is 108 Å². The van der Waals surface area contributed by atoms with Gasteiger partial charge in [-0.3, -0.25) is 0 Å². The van der Waals surface area contributed by atoms with Crippen LogP contribution in [0, 0.1) is 0 Å². The highest BCUT2D eigenvalue weighted by atomic mass is 16.3. The summed E-state index contributed by atoms with van der Waals surface area (Å²) in [4.78, 5) is 0. The summed E-state index contributed by atoms with van der Waals surface area (Å²) < 4.78 is 5.74. The van der Waals surface area contributed by atoms with Gasteiger partial charge in [0.25, 0.3) is 0 Å². The van der Waals surface area contributed by atoms with Gasteiger partial charge in [-0.15, -0.1) is 0 Å². The number of para-hydroxylation sites is 1. The first-order valence-electron chi connectivity index (χ1n) is 6.83. The van der Waals surface area contributed by atoms with Crippen LogP contribution in [0.1, 0.15) is 25.0 Å². The summed E-state index contributed by atoms with van der Waals surface area (Å²) in [6, 6.07) is 11.1. The van der Waals surface area contributed by atoms with Crippen molar-refractivity contribution in [3.05, 3.63) is 36.1 Å². The monoisotopic (exact) mass is 244 g/mol. The van der Waals surface area contributed by atoms with Gasteiger partial charge >= 0.3 is 0 Å². The number of hydrogen-bond donors (Lipinski definition) is 2. The lowest BCUT2D eigenvalue weighted by Gasteiger charge is -2.03. The van der Waals surface area contributed by atoms with Gasteiger partial charge < -0.3 is 15.1 Å². The van der Waals surface area contributed by atoms with Crippen molar-refractivity contribution in [1.29, 1.82) is 0 Å². The van der Waals surface area contributed by atoms with Gasteiger partial charge in [0, 0.05) is 11.4 Å². The van der Waals surface area contributed by atoms with Crippen LogP contribution >= 0.6 is 0 Å². The number of hydrogen-bond acceptors (Lipinski definition) is 3. The van der Waals surface area contributed by atoms with Gasteiger partial charge in [-0.1, -0.05) is 18.2 Å². The van der Waals surface area contributed by atoms with E-state index in [4.69, 9.17) is 4.42 Å². The van der Waals surface area contributed by atoms with Gasteiger partial charge in [0.15, 0.2) is 0 Å². The first kappa shape index (κ1) is 11.8. The lowest BCUT2D eigenvalue weighted by Crippen LogP contribution is -2.22. The Morgan fingerprint density at radius 1 is 1.17 bits per heavy atom. The van der Waals surface area contributed by atoms with Gasteiger partial charge in [0.1, 0.15) is 11.3 Å². The molecular weight excluding hydrogens is 224 g/mol. The molecule has 3 heteroatoms. The van der Waals surface area contributed by atoms with E-state index in [9.17, 15) is 0 Å². The van der Waals surface area contributed by atoms with Gasteiger partial charge in [0.05, 0.1) is 6.54 Å². The molecule has 2 aromatic rings. The number of fused-ring (bicyclic) bond motifs is 1. The molecule has 2 N–H and O–H groups in total. The van der Waals surface area contributed by atoms with E-state index < -0.39 is 0 Å². The SMILES string of the molecule is c1ccc2oc(CNCCCNC3CC3)cc2c1. The predicted octanol–water partition coefficient (Wildman–Crippen LogP) is 2.66. The first-order chi connectivity index (χ1) is 8.92. The minimum Gasteiger partial charge on any atom is -0.460 e. The van der Waals surface area contributed by atoms with E-state index in [0.717, 1.165) is 37.0 Å². The molecule has 0 spiro atoms. The zero-order chi connectivity index (χ0) is 12.2. The molecule has 1 aliphatic carbocycles. The standard InChI is InChI=1S/C15H20N2O/c1-2-5-15-12(4-1)10-14(18-15)11-16-8-3-9-17-13-6-7-13/h1-2,4-5,10,13,16-17H,3,6-9,11H2. The van der Waals surface area contributed by atoms with Gasteiger partial charge in [-0.25, -0.2) is 0 Å². The largest absolute Gasteiger partial charge is 0.460 e. The van der Waals surface area contributed by atoms with E-state index in [2.05, 4.69) is 22.8 Å². The smallest absolute Gasteiger partial charge is 0.134 e. The minimum absolute atomic E-state index is 0.818. The van der Waals surface area contributed by atoms with Gasteiger partial charge in [-0.05, 0) is 44.5 Å². The summed E-state index contributed by atoms with van der Waals surface area (Å²) in [5.74, 6) is 1.02. The summed E-state index contributed by atoms with van der Waals surface area (Å²) in [6.45, 7) is 2.98. The molecule has 1 aromatic heterocycles. The molecule has 0 atom stereocenters. The molecule has 0 amide bonds. The van der Waals surface area contributed by atoms with Crippen LogP contribution in [0.4, 0.5) is 0 Å². The normalized spacial score (nSPS) is 15.3. The van der Waals surface area contributed by atoms with E-state index in [0.29, 0.717) is 0 Å². The molecule has 3 rings (SSSR count). The van der Waals surface area contributed by atoms with Crippen LogP contribution in [0.15, 0.2) is 34.7 Å². The van der Waals surface area contributed by atoms with E-state index >= 15 is 0 Å². The number of rotatable bonds is 7. The number of benzene rings is 1. The van der Waals surface area contributed by atoms with Gasteiger partial charge in [0.2, 0.25) is 0 Å². The molecule has 96 valence electrons. The van der Waals surface area contributed by atoms with Crippen molar-refractivity contribution >= 4 is 11.0 Å². The second kappa shape index (κ2) is 5.55. The zero-order valence-electron chi connectivity index (χ0n) is 10.6. The fraction of sp³-hybridized carbons (Fsp3) is 0.467. The lowest BCUT2D eigenvalue weighted by atomic mass is 10.2. The maximum Gasteiger partial charge on any atom is 0.134 e. The average Bonchev–Trinajstić information content (AvgIpc) is 3.11. The highest BCUT2D eigenvalue weighted by Crippen LogP contribution is 2.19. The topological polar surface area (TPSA) is 37.2 Å². The van der Waals surface area contributed by atoms with Crippen molar-refractivity contribution in [3.63, 3.8) is 0 Å². The van der Waals surface area contributed by atoms with E-state index in [1.165, 1.54) is 24.6 Å².